The Morgan fingerprint density at radius 2 is 2.15 bits per heavy atom. The number of rotatable bonds is 2. The molecule has 2 rings (SSSR count). The summed E-state index contributed by atoms with van der Waals surface area (Å²) in [5, 5.41) is -0.226. The molecule has 1 aromatic heterocycles. The van der Waals surface area contributed by atoms with Crippen LogP contribution in [0.2, 0.25) is 5.15 Å². The molecule has 0 saturated carbocycles. The number of hydrogen-bond donors (Lipinski definition) is 1. The molecule has 1 aliphatic heterocycles. The molecule has 1 fully saturated rings. The maximum absolute atomic E-state index is 12.7. The van der Waals surface area contributed by atoms with Crippen molar-refractivity contribution in [3.8, 4) is 0 Å². The minimum atomic E-state index is -4.49. The van der Waals surface area contributed by atoms with Gasteiger partial charge in [-0.3, -0.25) is 4.79 Å². The van der Waals surface area contributed by atoms with Crippen molar-refractivity contribution in [2.75, 3.05) is 18.0 Å². The Morgan fingerprint density at radius 3 is 2.75 bits per heavy atom. The first-order chi connectivity index (χ1) is 9.27. The van der Waals surface area contributed by atoms with E-state index in [1.165, 1.54) is 0 Å². The molecule has 1 saturated heterocycles. The molecule has 1 aromatic rings. The first kappa shape index (κ1) is 14.9. The smallest absolute Gasteiger partial charge is 0.369 e. The van der Waals surface area contributed by atoms with Gasteiger partial charge in [0.1, 0.15) is 11.0 Å². The summed E-state index contributed by atoms with van der Waals surface area (Å²) in [6, 6.07) is 1.72. The van der Waals surface area contributed by atoms with Crippen molar-refractivity contribution in [1.82, 2.24) is 4.98 Å². The van der Waals surface area contributed by atoms with Gasteiger partial charge >= 0.3 is 6.18 Å². The highest BCUT2D eigenvalue weighted by Gasteiger charge is 2.33. The van der Waals surface area contributed by atoms with Crippen LogP contribution in [-0.4, -0.2) is 24.0 Å². The van der Waals surface area contributed by atoms with E-state index in [2.05, 4.69) is 4.98 Å². The summed E-state index contributed by atoms with van der Waals surface area (Å²) in [4.78, 5) is 16.7. The molecule has 4 nitrogen and oxygen atoms in total. The quantitative estimate of drug-likeness (QED) is 0.854. The second-order valence-electron chi connectivity index (χ2n) is 4.72. The van der Waals surface area contributed by atoms with Crippen molar-refractivity contribution >= 4 is 23.3 Å². The zero-order valence-corrected chi connectivity index (χ0v) is 11.2. The molecule has 0 bridgehead atoms. The number of pyridine rings is 1. The topological polar surface area (TPSA) is 59.2 Å². The van der Waals surface area contributed by atoms with Crippen molar-refractivity contribution in [2.24, 2.45) is 11.7 Å². The van der Waals surface area contributed by atoms with Gasteiger partial charge in [0.15, 0.2) is 0 Å². The predicted octanol–water partition coefficient (Wildman–Crippen LogP) is 2.46. The highest BCUT2D eigenvalue weighted by Crippen LogP contribution is 2.33. The molecule has 1 unspecified atom stereocenters. The van der Waals surface area contributed by atoms with E-state index >= 15 is 0 Å². The Balaban J connectivity index is 2.28. The van der Waals surface area contributed by atoms with Crippen LogP contribution in [-0.2, 0) is 11.0 Å². The first-order valence-corrected chi connectivity index (χ1v) is 6.44. The molecule has 0 aromatic carbocycles. The normalized spacial score (nSPS) is 20.0. The molecule has 20 heavy (non-hydrogen) atoms. The van der Waals surface area contributed by atoms with Crippen LogP contribution in [0, 0.1) is 5.92 Å². The summed E-state index contributed by atoms with van der Waals surface area (Å²) in [6.07, 6.45) is -3.18. The van der Waals surface area contributed by atoms with Crippen LogP contribution in [0.3, 0.4) is 0 Å². The van der Waals surface area contributed by atoms with Gasteiger partial charge in [-0.1, -0.05) is 11.6 Å². The number of alkyl halides is 3. The number of halogens is 4. The monoisotopic (exact) mass is 307 g/mol. The Kier molecular flexibility index (Phi) is 4.08. The average molecular weight is 308 g/mol. The Morgan fingerprint density at radius 1 is 1.45 bits per heavy atom. The van der Waals surface area contributed by atoms with E-state index in [4.69, 9.17) is 17.3 Å². The molecular weight excluding hydrogens is 295 g/mol. The van der Waals surface area contributed by atoms with E-state index in [1.54, 1.807) is 4.90 Å². The maximum atomic E-state index is 12.7. The third-order valence-corrected chi connectivity index (χ3v) is 3.45. The molecule has 1 amide bonds. The fourth-order valence-electron chi connectivity index (χ4n) is 2.23. The van der Waals surface area contributed by atoms with E-state index in [9.17, 15) is 18.0 Å². The second kappa shape index (κ2) is 5.47. The fourth-order valence-corrected chi connectivity index (χ4v) is 2.43. The van der Waals surface area contributed by atoms with Crippen molar-refractivity contribution in [2.45, 2.75) is 19.0 Å². The zero-order chi connectivity index (χ0) is 14.9. The summed E-state index contributed by atoms with van der Waals surface area (Å²) in [7, 11) is 0. The number of carbonyl (C=O) groups excluding carboxylic acids is 1. The van der Waals surface area contributed by atoms with Gasteiger partial charge in [-0.05, 0) is 25.0 Å². The molecule has 0 aliphatic carbocycles. The fraction of sp³-hybridized carbons (Fsp3) is 0.500. The van der Waals surface area contributed by atoms with Gasteiger partial charge in [0.05, 0.1) is 11.5 Å². The lowest BCUT2D eigenvalue weighted by Crippen LogP contribution is -2.41. The van der Waals surface area contributed by atoms with Crippen LogP contribution in [0.5, 0.6) is 0 Å². The Bertz CT molecular complexity index is 521. The largest absolute Gasteiger partial charge is 0.416 e. The molecule has 2 N–H and O–H groups in total. The summed E-state index contributed by atoms with van der Waals surface area (Å²) in [5.74, 6) is -0.706. The van der Waals surface area contributed by atoms with Crippen molar-refractivity contribution in [3.63, 3.8) is 0 Å². The van der Waals surface area contributed by atoms with Crippen molar-refractivity contribution in [3.05, 3.63) is 22.8 Å². The van der Waals surface area contributed by atoms with Crippen LogP contribution in [0.15, 0.2) is 12.1 Å². The molecule has 0 radical (unpaired) electrons. The lowest BCUT2D eigenvalue weighted by atomic mass is 9.97. The van der Waals surface area contributed by atoms with E-state index in [0.29, 0.717) is 19.4 Å². The molecular formula is C12H13ClF3N3O. The number of hydrogen-bond acceptors (Lipinski definition) is 3. The minimum absolute atomic E-state index is 0.121. The number of primary amides is 1. The van der Waals surface area contributed by atoms with Gasteiger partial charge in [0.25, 0.3) is 0 Å². The highest BCUT2D eigenvalue weighted by molar-refractivity contribution is 6.29. The molecule has 1 aliphatic rings. The van der Waals surface area contributed by atoms with E-state index in [-0.39, 0.29) is 23.4 Å². The first-order valence-electron chi connectivity index (χ1n) is 6.06. The lowest BCUT2D eigenvalue weighted by molar-refractivity contribution is -0.137. The van der Waals surface area contributed by atoms with Crippen LogP contribution in [0.25, 0.3) is 0 Å². The van der Waals surface area contributed by atoms with Crippen molar-refractivity contribution in [1.29, 1.82) is 0 Å². The van der Waals surface area contributed by atoms with Crippen LogP contribution in [0.4, 0.5) is 19.0 Å². The number of nitrogens with two attached hydrogens (primary N) is 1. The minimum Gasteiger partial charge on any atom is -0.369 e. The highest BCUT2D eigenvalue weighted by atomic mass is 35.5. The standard InChI is InChI=1S/C12H13ClF3N3O/c13-9-4-8(12(14,15)16)5-10(18-9)19-3-1-2-7(6-19)11(17)20/h4-5,7H,1-3,6H2,(H2,17,20). The molecule has 1 atom stereocenters. The maximum Gasteiger partial charge on any atom is 0.416 e. The number of piperidine rings is 1. The molecule has 2 heterocycles. The summed E-state index contributed by atoms with van der Waals surface area (Å²) in [5.41, 5.74) is 4.39. The predicted molar refractivity (Wildman–Crippen MR) is 68.4 cm³/mol. The van der Waals surface area contributed by atoms with Crippen LogP contribution < -0.4 is 10.6 Å². The third kappa shape index (κ3) is 3.33. The Hall–Kier alpha value is -1.50. The second-order valence-corrected chi connectivity index (χ2v) is 5.11. The third-order valence-electron chi connectivity index (χ3n) is 3.26. The van der Waals surface area contributed by atoms with Gasteiger partial charge in [-0.15, -0.1) is 0 Å². The van der Waals surface area contributed by atoms with Gasteiger partial charge in [-0.25, -0.2) is 4.98 Å². The number of amides is 1. The molecule has 8 heteroatoms. The van der Waals surface area contributed by atoms with Gasteiger partial charge in [0.2, 0.25) is 5.91 Å². The van der Waals surface area contributed by atoms with Gasteiger partial charge < -0.3 is 10.6 Å². The van der Waals surface area contributed by atoms with E-state index in [1.807, 2.05) is 0 Å². The van der Waals surface area contributed by atoms with Crippen LogP contribution >= 0.6 is 11.6 Å². The number of aromatic nitrogens is 1. The zero-order valence-electron chi connectivity index (χ0n) is 10.5. The summed E-state index contributed by atoms with van der Waals surface area (Å²) in [6.45, 7) is 0.786. The number of carbonyl (C=O) groups is 1. The molecule has 110 valence electrons. The number of anilines is 1. The summed E-state index contributed by atoms with van der Waals surface area (Å²) < 4.78 is 38.2. The van der Waals surface area contributed by atoms with Crippen LogP contribution in [0.1, 0.15) is 18.4 Å². The Labute approximate surface area is 118 Å². The molecule has 0 spiro atoms. The van der Waals surface area contributed by atoms with E-state index < -0.39 is 17.6 Å². The lowest BCUT2D eigenvalue weighted by Gasteiger charge is -2.32. The SMILES string of the molecule is NC(=O)C1CCCN(c2cc(C(F)(F)F)cc(Cl)n2)C1. The summed E-state index contributed by atoms with van der Waals surface area (Å²) >= 11 is 5.64. The number of nitrogens with zero attached hydrogens (tertiary/aromatic N) is 2. The average Bonchev–Trinajstić information content (AvgIpc) is 2.37. The van der Waals surface area contributed by atoms with Crippen molar-refractivity contribution < 1.29 is 18.0 Å². The van der Waals surface area contributed by atoms with Gasteiger partial charge in [0, 0.05) is 13.1 Å². The van der Waals surface area contributed by atoms with Gasteiger partial charge in [-0.2, -0.15) is 13.2 Å². The van der Waals surface area contributed by atoms with E-state index in [0.717, 1.165) is 12.1 Å².